The Balaban J connectivity index is 1.16. The van der Waals surface area contributed by atoms with E-state index in [1.54, 1.807) is 0 Å². The van der Waals surface area contributed by atoms with E-state index in [9.17, 15) is 0 Å². The Bertz CT molecular complexity index is 2860. The third-order valence-electron chi connectivity index (χ3n) is 9.80. The van der Waals surface area contributed by atoms with Gasteiger partial charge in [-0.25, -0.2) is 9.97 Å². The van der Waals surface area contributed by atoms with Crippen LogP contribution in [0.25, 0.3) is 77.4 Å². The van der Waals surface area contributed by atoms with E-state index in [0.717, 1.165) is 94.4 Å². The average molecular weight is 666 g/mol. The van der Waals surface area contributed by atoms with Crippen LogP contribution in [-0.2, 0) is 0 Å². The van der Waals surface area contributed by atoms with Crippen LogP contribution in [0.3, 0.4) is 0 Å². The Kier molecular flexibility index (Phi) is 7.10. The molecule has 0 saturated carbocycles. The van der Waals surface area contributed by atoms with Gasteiger partial charge in [-0.05, 0) is 94.7 Å². The summed E-state index contributed by atoms with van der Waals surface area (Å²) in [6.07, 6.45) is 0. The molecule has 0 spiro atoms. The normalized spacial score (nSPS) is 11.5. The van der Waals surface area contributed by atoms with Crippen LogP contribution in [0.1, 0.15) is 0 Å². The summed E-state index contributed by atoms with van der Waals surface area (Å²) in [5.41, 5.74) is 12.5. The summed E-state index contributed by atoms with van der Waals surface area (Å²) >= 11 is 0. The smallest absolute Gasteiger partial charge is 0.136 e. The summed E-state index contributed by atoms with van der Waals surface area (Å²) in [6, 6.07) is 65.5. The minimum Gasteiger partial charge on any atom is -0.456 e. The Morgan fingerprint density at radius 2 is 0.981 bits per heavy atom. The Morgan fingerprint density at radius 1 is 0.385 bits per heavy atom. The van der Waals surface area contributed by atoms with Crippen LogP contribution in [0.4, 0.5) is 17.1 Å². The van der Waals surface area contributed by atoms with Gasteiger partial charge in [-0.15, -0.1) is 0 Å². The number of benzene rings is 8. The van der Waals surface area contributed by atoms with Crippen molar-refractivity contribution in [2.75, 3.05) is 4.90 Å². The van der Waals surface area contributed by atoms with Crippen molar-refractivity contribution in [3.63, 3.8) is 0 Å². The quantitative estimate of drug-likeness (QED) is 0.177. The van der Waals surface area contributed by atoms with Crippen molar-refractivity contribution in [1.82, 2.24) is 9.97 Å². The first-order chi connectivity index (χ1) is 25.8. The molecule has 8 aromatic carbocycles. The highest BCUT2D eigenvalue weighted by molar-refractivity contribution is 6.14. The molecule has 4 nitrogen and oxygen atoms in total. The fourth-order valence-electron chi connectivity index (χ4n) is 7.35. The zero-order valence-electron chi connectivity index (χ0n) is 28.1. The van der Waals surface area contributed by atoms with Crippen LogP contribution in [0.15, 0.2) is 192 Å². The van der Waals surface area contributed by atoms with Gasteiger partial charge in [0.2, 0.25) is 0 Å². The molecule has 0 radical (unpaired) electrons. The topological polar surface area (TPSA) is 42.2 Å². The highest BCUT2D eigenvalue weighted by atomic mass is 16.3. The molecular weight excluding hydrogens is 635 g/mol. The highest BCUT2D eigenvalue weighted by Gasteiger charge is 2.21. The van der Waals surface area contributed by atoms with Crippen molar-refractivity contribution in [3.8, 4) is 33.6 Å². The maximum Gasteiger partial charge on any atom is 0.136 e. The Labute approximate surface area is 300 Å². The van der Waals surface area contributed by atoms with Gasteiger partial charge in [-0.3, -0.25) is 0 Å². The number of fused-ring (bicyclic) bond motifs is 5. The maximum atomic E-state index is 6.57. The van der Waals surface area contributed by atoms with Crippen LogP contribution in [-0.4, -0.2) is 9.97 Å². The van der Waals surface area contributed by atoms with Crippen LogP contribution < -0.4 is 4.90 Å². The molecule has 2 aromatic heterocycles. The van der Waals surface area contributed by atoms with E-state index in [1.165, 1.54) is 0 Å². The van der Waals surface area contributed by atoms with E-state index < -0.39 is 0 Å². The van der Waals surface area contributed by atoms with Crippen molar-refractivity contribution in [2.24, 2.45) is 0 Å². The standard InChI is InChI=1S/C48H31N3O/c1-4-14-32(15-5-1)47-48(50-43-22-12-11-21-42(43)49-47)41-30-36(31-45-46(41)40-20-10-13-23-44(40)52-45)34-24-25-35-29-39(27-26-33(35)28-34)51(37-16-6-2-7-17-37)38-18-8-3-9-19-38/h1-31H. The van der Waals surface area contributed by atoms with E-state index in [4.69, 9.17) is 14.4 Å². The van der Waals surface area contributed by atoms with Crippen molar-refractivity contribution in [1.29, 1.82) is 0 Å². The predicted octanol–water partition coefficient (Wildman–Crippen LogP) is 13.2. The fraction of sp³-hybridized carbons (Fsp3) is 0. The van der Waals surface area contributed by atoms with Gasteiger partial charge in [-0.2, -0.15) is 0 Å². The second-order valence-electron chi connectivity index (χ2n) is 13.0. The minimum absolute atomic E-state index is 0.819. The number of nitrogens with zero attached hydrogens (tertiary/aromatic N) is 3. The number of aromatic nitrogens is 2. The molecule has 0 unspecified atom stereocenters. The van der Waals surface area contributed by atoms with Gasteiger partial charge in [0.15, 0.2) is 0 Å². The average Bonchev–Trinajstić information content (AvgIpc) is 3.60. The molecule has 0 amide bonds. The van der Waals surface area contributed by atoms with Crippen LogP contribution >= 0.6 is 0 Å². The molecular formula is C48H31N3O. The van der Waals surface area contributed by atoms with Gasteiger partial charge in [0.1, 0.15) is 11.2 Å². The predicted molar refractivity (Wildman–Crippen MR) is 215 cm³/mol. The number of hydrogen-bond donors (Lipinski definition) is 0. The summed E-state index contributed by atoms with van der Waals surface area (Å²) in [5.74, 6) is 0. The zero-order valence-corrected chi connectivity index (χ0v) is 28.1. The van der Waals surface area contributed by atoms with Gasteiger partial charge in [0, 0.05) is 39.0 Å². The molecule has 0 fully saturated rings. The molecule has 244 valence electrons. The first kappa shape index (κ1) is 29.8. The maximum absolute atomic E-state index is 6.57. The van der Waals surface area contributed by atoms with E-state index in [1.807, 2.05) is 42.5 Å². The largest absolute Gasteiger partial charge is 0.456 e. The third-order valence-corrected chi connectivity index (χ3v) is 9.80. The molecule has 10 rings (SSSR count). The second-order valence-corrected chi connectivity index (χ2v) is 13.0. The lowest BCUT2D eigenvalue weighted by Gasteiger charge is -2.25. The Morgan fingerprint density at radius 3 is 1.71 bits per heavy atom. The lowest BCUT2D eigenvalue weighted by atomic mass is 9.93. The molecule has 0 aliphatic heterocycles. The number of anilines is 3. The SMILES string of the molecule is c1ccc(-c2nc3ccccc3nc2-c2cc(-c3ccc4cc(N(c5ccccc5)c5ccccc5)ccc4c3)cc3oc4ccccc4c23)cc1. The van der Waals surface area contributed by atoms with Crippen molar-refractivity contribution in [3.05, 3.63) is 188 Å². The number of hydrogen-bond acceptors (Lipinski definition) is 4. The van der Waals surface area contributed by atoms with Gasteiger partial charge in [0.05, 0.1) is 22.4 Å². The molecule has 0 bridgehead atoms. The van der Waals surface area contributed by atoms with Gasteiger partial charge >= 0.3 is 0 Å². The molecule has 2 heterocycles. The summed E-state index contributed by atoms with van der Waals surface area (Å²) in [7, 11) is 0. The molecule has 0 saturated heterocycles. The molecule has 0 atom stereocenters. The van der Waals surface area contributed by atoms with Crippen LogP contribution in [0.2, 0.25) is 0 Å². The number of para-hydroxylation sites is 5. The van der Waals surface area contributed by atoms with E-state index in [0.29, 0.717) is 0 Å². The fourth-order valence-corrected chi connectivity index (χ4v) is 7.35. The molecule has 0 aliphatic carbocycles. The van der Waals surface area contributed by atoms with Crippen LogP contribution in [0, 0.1) is 0 Å². The number of rotatable bonds is 6. The monoisotopic (exact) mass is 665 g/mol. The second kappa shape index (κ2) is 12.4. The van der Waals surface area contributed by atoms with Crippen LogP contribution in [0.5, 0.6) is 0 Å². The zero-order chi connectivity index (χ0) is 34.4. The molecule has 10 aromatic rings. The van der Waals surface area contributed by atoms with Gasteiger partial charge < -0.3 is 9.32 Å². The first-order valence-electron chi connectivity index (χ1n) is 17.5. The number of furan rings is 1. The van der Waals surface area contributed by atoms with E-state index >= 15 is 0 Å². The van der Waals surface area contributed by atoms with Crippen molar-refractivity contribution < 1.29 is 4.42 Å². The lowest BCUT2D eigenvalue weighted by molar-refractivity contribution is 0.669. The molecule has 0 N–H and O–H groups in total. The molecule has 4 heteroatoms. The van der Waals surface area contributed by atoms with Gasteiger partial charge in [0.25, 0.3) is 0 Å². The Hall–Kier alpha value is -7.04. The van der Waals surface area contributed by atoms with Crippen molar-refractivity contribution in [2.45, 2.75) is 0 Å². The van der Waals surface area contributed by atoms with E-state index in [-0.39, 0.29) is 0 Å². The summed E-state index contributed by atoms with van der Waals surface area (Å²) in [6.45, 7) is 0. The molecule has 0 aliphatic rings. The van der Waals surface area contributed by atoms with Gasteiger partial charge in [-0.1, -0.05) is 115 Å². The van der Waals surface area contributed by atoms with Crippen molar-refractivity contribution >= 4 is 60.8 Å². The lowest BCUT2D eigenvalue weighted by Crippen LogP contribution is -2.09. The summed E-state index contributed by atoms with van der Waals surface area (Å²) in [5, 5.41) is 4.41. The minimum atomic E-state index is 0.819. The first-order valence-corrected chi connectivity index (χ1v) is 17.5. The van der Waals surface area contributed by atoms with E-state index in [2.05, 4.69) is 150 Å². The third kappa shape index (κ3) is 5.17. The summed E-state index contributed by atoms with van der Waals surface area (Å²) < 4.78 is 6.57. The molecule has 52 heavy (non-hydrogen) atoms. The highest BCUT2D eigenvalue weighted by Crippen LogP contribution is 2.43. The summed E-state index contributed by atoms with van der Waals surface area (Å²) in [4.78, 5) is 12.8.